The highest BCUT2D eigenvalue weighted by molar-refractivity contribution is 5.92. The van der Waals surface area contributed by atoms with Crippen LogP contribution in [0.5, 0.6) is 0 Å². The number of primary amides is 1. The van der Waals surface area contributed by atoms with Crippen LogP contribution < -0.4 is 5.73 Å². The van der Waals surface area contributed by atoms with Gasteiger partial charge >= 0.3 is 12.1 Å². The summed E-state index contributed by atoms with van der Waals surface area (Å²) in [5.74, 6) is -1.32. The summed E-state index contributed by atoms with van der Waals surface area (Å²) in [6, 6.07) is 6.97. The first-order valence-electron chi connectivity index (χ1n) is 10.3. The Morgan fingerprint density at radius 3 is 2.30 bits per heavy atom. The van der Waals surface area contributed by atoms with Crippen molar-refractivity contribution in [2.75, 3.05) is 13.1 Å². The van der Waals surface area contributed by atoms with Crippen molar-refractivity contribution >= 4 is 18.0 Å². The van der Waals surface area contributed by atoms with Crippen LogP contribution >= 0.6 is 0 Å². The molecule has 1 heterocycles. The molecule has 7 heteroatoms. The molecule has 0 radical (unpaired) electrons. The van der Waals surface area contributed by atoms with Crippen molar-refractivity contribution in [3.8, 4) is 0 Å². The summed E-state index contributed by atoms with van der Waals surface area (Å²) in [7, 11) is 0. The van der Waals surface area contributed by atoms with Gasteiger partial charge in [0.25, 0.3) is 0 Å². The third-order valence-corrected chi connectivity index (χ3v) is 4.82. The van der Waals surface area contributed by atoms with Crippen molar-refractivity contribution < 1.29 is 23.9 Å². The monoisotopic (exact) mass is 418 g/mol. The molecule has 1 aromatic carbocycles. The molecule has 1 aliphatic rings. The highest BCUT2D eigenvalue weighted by Gasteiger charge is 2.39. The maximum atomic E-state index is 13.0. The quantitative estimate of drug-likeness (QED) is 0.738. The van der Waals surface area contributed by atoms with Gasteiger partial charge in [-0.05, 0) is 78.0 Å². The second-order valence-corrected chi connectivity index (χ2v) is 9.88. The Bertz CT molecular complexity index is 792. The molecule has 2 atom stereocenters. The van der Waals surface area contributed by atoms with Crippen LogP contribution in [0.3, 0.4) is 0 Å². The van der Waals surface area contributed by atoms with E-state index < -0.39 is 23.0 Å². The van der Waals surface area contributed by atoms with E-state index in [0.29, 0.717) is 31.5 Å². The van der Waals surface area contributed by atoms with Gasteiger partial charge < -0.3 is 20.1 Å². The van der Waals surface area contributed by atoms with Crippen LogP contribution in [0.4, 0.5) is 4.79 Å². The molecule has 0 bridgehead atoms. The number of likely N-dealkylation sites (tertiary alicyclic amines) is 1. The van der Waals surface area contributed by atoms with Crippen molar-refractivity contribution in [2.45, 2.75) is 65.6 Å². The maximum absolute atomic E-state index is 13.0. The average molecular weight is 419 g/mol. The molecule has 1 aliphatic heterocycles. The van der Waals surface area contributed by atoms with Crippen molar-refractivity contribution in [3.05, 3.63) is 35.4 Å². The molecule has 0 spiro atoms. The molecule has 1 fully saturated rings. The minimum absolute atomic E-state index is 0.0652. The first-order valence-corrected chi connectivity index (χ1v) is 10.3. The van der Waals surface area contributed by atoms with Crippen LogP contribution in [-0.2, 0) is 20.7 Å². The van der Waals surface area contributed by atoms with Gasteiger partial charge in [-0.15, -0.1) is 0 Å². The van der Waals surface area contributed by atoms with Gasteiger partial charge in [0.15, 0.2) is 0 Å². The number of carbonyl (C=O) groups is 3. The van der Waals surface area contributed by atoms with Crippen molar-refractivity contribution in [2.24, 2.45) is 17.6 Å². The number of esters is 1. The fourth-order valence-corrected chi connectivity index (χ4v) is 3.53. The lowest BCUT2D eigenvalue weighted by atomic mass is 9.85. The normalized spacial score (nSPS) is 18.1. The molecule has 0 unspecified atom stereocenters. The molecule has 2 rings (SSSR count). The number of nitrogens with zero attached hydrogens (tertiary/aromatic N) is 1. The molecular weight excluding hydrogens is 384 g/mol. The van der Waals surface area contributed by atoms with Crippen molar-refractivity contribution in [1.82, 2.24) is 4.90 Å². The molecule has 2 N–H and O–H groups in total. The van der Waals surface area contributed by atoms with E-state index in [1.807, 2.05) is 47.6 Å². The number of nitrogens with two attached hydrogens (primary N) is 1. The van der Waals surface area contributed by atoms with E-state index in [1.165, 1.54) is 0 Å². The van der Waals surface area contributed by atoms with Crippen molar-refractivity contribution in [1.29, 1.82) is 0 Å². The summed E-state index contributed by atoms with van der Waals surface area (Å²) in [5, 5.41) is 0. The number of amides is 2. The molecule has 1 saturated heterocycles. The molecule has 0 aromatic heterocycles. The molecule has 2 amide bonds. The number of benzene rings is 1. The topological polar surface area (TPSA) is 98.9 Å². The van der Waals surface area contributed by atoms with E-state index in [0.717, 1.165) is 5.56 Å². The Balaban J connectivity index is 2.20. The summed E-state index contributed by atoms with van der Waals surface area (Å²) in [6.07, 6.45) is 0.713. The highest BCUT2D eigenvalue weighted by atomic mass is 16.6. The van der Waals surface area contributed by atoms with Gasteiger partial charge in [0.05, 0.1) is 5.92 Å². The van der Waals surface area contributed by atoms with Gasteiger partial charge in [-0.3, -0.25) is 9.59 Å². The van der Waals surface area contributed by atoms with Crippen LogP contribution in [0.2, 0.25) is 0 Å². The summed E-state index contributed by atoms with van der Waals surface area (Å²) in [5.41, 5.74) is 5.43. The lowest BCUT2D eigenvalue weighted by Crippen LogP contribution is -2.38. The fraction of sp³-hybridized carbons (Fsp3) is 0.609. The predicted molar refractivity (Wildman–Crippen MR) is 114 cm³/mol. The molecule has 0 aliphatic carbocycles. The number of hydrogen-bond acceptors (Lipinski definition) is 5. The first kappa shape index (κ1) is 23.7. The zero-order chi connectivity index (χ0) is 22.7. The maximum Gasteiger partial charge on any atom is 0.410 e. The summed E-state index contributed by atoms with van der Waals surface area (Å²) >= 11 is 0. The lowest BCUT2D eigenvalue weighted by molar-refractivity contribution is -0.161. The number of ether oxygens (including phenoxy) is 2. The molecular formula is C23H34N2O5. The Labute approximate surface area is 178 Å². The van der Waals surface area contributed by atoms with Crippen LogP contribution in [0.1, 0.15) is 63.9 Å². The Hall–Kier alpha value is -2.57. The molecule has 7 nitrogen and oxygen atoms in total. The SMILES string of the molecule is CC(C)(C)OC(=O)[C@@H](Cc1cccc(C(N)=O)c1)[C@H]1CCN(C(=O)OC(C)(C)C)C1. The van der Waals surface area contributed by atoms with E-state index in [2.05, 4.69) is 0 Å². The zero-order valence-electron chi connectivity index (χ0n) is 18.9. The molecule has 166 valence electrons. The number of hydrogen-bond donors (Lipinski definition) is 1. The standard InChI is InChI=1S/C23H34N2O5/c1-22(2,3)29-20(27)18(13-15-8-7-9-16(12-15)19(24)26)17-10-11-25(14-17)21(28)30-23(4,5)6/h7-9,12,17-18H,10-11,13-14H2,1-6H3,(H2,24,26)/t17-,18-/m0/s1. The molecule has 1 aromatic rings. The van der Waals surface area contributed by atoms with Gasteiger partial charge in [-0.1, -0.05) is 12.1 Å². The second-order valence-electron chi connectivity index (χ2n) is 9.88. The van der Waals surface area contributed by atoms with Gasteiger partial charge in [-0.25, -0.2) is 4.79 Å². The summed E-state index contributed by atoms with van der Waals surface area (Å²) < 4.78 is 11.1. The predicted octanol–water partition coefficient (Wildman–Crippen LogP) is 3.54. The summed E-state index contributed by atoms with van der Waals surface area (Å²) in [6.45, 7) is 11.9. The van der Waals surface area contributed by atoms with Crippen LogP contribution in [0.15, 0.2) is 24.3 Å². The first-order chi connectivity index (χ1) is 13.7. The lowest BCUT2D eigenvalue weighted by Gasteiger charge is -2.28. The number of carbonyl (C=O) groups excluding carboxylic acids is 3. The molecule has 30 heavy (non-hydrogen) atoms. The minimum Gasteiger partial charge on any atom is -0.460 e. The van der Waals surface area contributed by atoms with E-state index in [-0.39, 0.29) is 18.0 Å². The van der Waals surface area contributed by atoms with Gasteiger partial charge in [0.1, 0.15) is 11.2 Å². The highest BCUT2D eigenvalue weighted by Crippen LogP contribution is 2.30. The zero-order valence-corrected chi connectivity index (χ0v) is 18.9. The third kappa shape index (κ3) is 7.04. The van der Waals surface area contributed by atoms with Gasteiger partial charge in [0.2, 0.25) is 5.91 Å². The third-order valence-electron chi connectivity index (χ3n) is 4.82. The second kappa shape index (κ2) is 9.06. The Kier molecular flexibility index (Phi) is 7.16. The van der Waals surface area contributed by atoms with E-state index in [1.54, 1.807) is 23.1 Å². The van der Waals surface area contributed by atoms with E-state index in [4.69, 9.17) is 15.2 Å². The van der Waals surface area contributed by atoms with Gasteiger partial charge in [-0.2, -0.15) is 0 Å². The van der Waals surface area contributed by atoms with Crippen molar-refractivity contribution in [3.63, 3.8) is 0 Å². The minimum atomic E-state index is -0.617. The smallest absolute Gasteiger partial charge is 0.410 e. The van der Waals surface area contributed by atoms with Gasteiger partial charge in [0, 0.05) is 18.7 Å². The Morgan fingerprint density at radius 1 is 1.10 bits per heavy atom. The largest absolute Gasteiger partial charge is 0.460 e. The fourth-order valence-electron chi connectivity index (χ4n) is 3.53. The Morgan fingerprint density at radius 2 is 1.73 bits per heavy atom. The van der Waals surface area contributed by atoms with E-state index in [9.17, 15) is 14.4 Å². The number of rotatable bonds is 5. The molecule has 0 saturated carbocycles. The van der Waals surface area contributed by atoms with Crippen LogP contribution in [0, 0.1) is 11.8 Å². The van der Waals surface area contributed by atoms with Crippen LogP contribution in [-0.4, -0.2) is 47.2 Å². The average Bonchev–Trinajstić information content (AvgIpc) is 3.06. The summed E-state index contributed by atoms with van der Waals surface area (Å²) in [4.78, 5) is 38.6. The van der Waals surface area contributed by atoms with E-state index >= 15 is 0 Å². The van der Waals surface area contributed by atoms with Crippen LogP contribution in [0.25, 0.3) is 0 Å².